The van der Waals surface area contributed by atoms with Crippen molar-refractivity contribution in [3.05, 3.63) is 11.9 Å². The van der Waals surface area contributed by atoms with Gasteiger partial charge in [-0.1, -0.05) is 26.2 Å². The molecule has 1 N–H and O–H groups in total. The molecular weight excluding hydrogens is 236 g/mol. The first-order valence-electron chi connectivity index (χ1n) is 7.70. The van der Waals surface area contributed by atoms with Gasteiger partial charge in [-0.3, -0.25) is 0 Å². The zero-order valence-corrected chi connectivity index (χ0v) is 12.3. The van der Waals surface area contributed by atoms with Crippen LogP contribution in [0.15, 0.2) is 6.07 Å². The fourth-order valence-electron chi connectivity index (χ4n) is 2.55. The molecule has 0 saturated carbocycles. The molecule has 0 aliphatic carbocycles. The Kier molecular flexibility index (Phi) is 5.43. The Morgan fingerprint density at radius 2 is 1.74 bits per heavy atom. The molecule has 0 spiro atoms. The summed E-state index contributed by atoms with van der Waals surface area (Å²) in [6, 6.07) is 2.10. The number of aromatic nitrogens is 2. The number of nitrogens with one attached hydrogen (secondary N) is 1. The minimum absolute atomic E-state index is 0.889. The Hall–Kier alpha value is -1.32. The van der Waals surface area contributed by atoms with Crippen LogP contribution in [0, 0.1) is 0 Å². The van der Waals surface area contributed by atoms with E-state index < -0.39 is 0 Å². The number of aryl methyl sites for hydroxylation is 1. The van der Waals surface area contributed by atoms with Gasteiger partial charge in [0.15, 0.2) is 0 Å². The fourth-order valence-corrected chi connectivity index (χ4v) is 2.55. The molecule has 1 aliphatic rings. The number of hydrogen-bond acceptors (Lipinski definition) is 4. The Balaban J connectivity index is 2.17. The van der Waals surface area contributed by atoms with Gasteiger partial charge in [-0.15, -0.1) is 0 Å². The Morgan fingerprint density at radius 1 is 1.05 bits per heavy atom. The van der Waals surface area contributed by atoms with Crippen molar-refractivity contribution in [3.8, 4) is 0 Å². The van der Waals surface area contributed by atoms with E-state index in [1.54, 1.807) is 0 Å². The molecule has 2 rings (SSSR count). The minimum Gasteiger partial charge on any atom is -0.370 e. The van der Waals surface area contributed by atoms with Crippen molar-refractivity contribution in [2.24, 2.45) is 0 Å². The van der Waals surface area contributed by atoms with E-state index in [2.05, 4.69) is 35.1 Å². The number of anilines is 2. The van der Waals surface area contributed by atoms with Gasteiger partial charge in [0.1, 0.15) is 17.5 Å². The molecule has 106 valence electrons. The average molecular weight is 262 g/mol. The maximum absolute atomic E-state index is 4.70. The molecule has 4 heteroatoms. The molecule has 0 atom stereocenters. The van der Waals surface area contributed by atoms with Gasteiger partial charge in [-0.2, -0.15) is 0 Å². The van der Waals surface area contributed by atoms with Gasteiger partial charge in [-0.05, 0) is 19.8 Å². The van der Waals surface area contributed by atoms with Crippen LogP contribution in [0.25, 0.3) is 0 Å². The second kappa shape index (κ2) is 7.31. The Morgan fingerprint density at radius 3 is 2.37 bits per heavy atom. The van der Waals surface area contributed by atoms with Crippen LogP contribution in [0.3, 0.4) is 0 Å². The summed E-state index contributed by atoms with van der Waals surface area (Å²) < 4.78 is 0. The highest BCUT2D eigenvalue weighted by Crippen LogP contribution is 2.20. The van der Waals surface area contributed by atoms with E-state index in [0.717, 1.165) is 43.5 Å². The van der Waals surface area contributed by atoms with Crippen LogP contribution < -0.4 is 10.2 Å². The SMILES string of the molecule is CCNc1cc(N2CCCCCCC2)nc(CC)n1. The molecule has 1 aromatic heterocycles. The number of nitrogens with zero attached hydrogens (tertiary/aromatic N) is 3. The normalized spacial score (nSPS) is 16.8. The summed E-state index contributed by atoms with van der Waals surface area (Å²) in [5.41, 5.74) is 0. The first-order chi connectivity index (χ1) is 9.33. The van der Waals surface area contributed by atoms with Crippen LogP contribution in [0.1, 0.15) is 51.8 Å². The predicted octanol–water partition coefficient (Wildman–Crippen LogP) is 3.24. The van der Waals surface area contributed by atoms with E-state index in [1.807, 2.05) is 0 Å². The van der Waals surface area contributed by atoms with E-state index >= 15 is 0 Å². The summed E-state index contributed by atoms with van der Waals surface area (Å²) in [6.07, 6.45) is 7.54. The molecule has 1 fully saturated rings. The van der Waals surface area contributed by atoms with Gasteiger partial charge in [0.2, 0.25) is 0 Å². The van der Waals surface area contributed by atoms with Crippen LogP contribution >= 0.6 is 0 Å². The lowest BCUT2D eigenvalue weighted by atomic mass is 10.1. The largest absolute Gasteiger partial charge is 0.370 e. The van der Waals surface area contributed by atoms with Crippen molar-refractivity contribution in [2.45, 2.75) is 52.4 Å². The second-order valence-corrected chi connectivity index (χ2v) is 5.17. The Bertz CT molecular complexity index is 384. The third-order valence-corrected chi connectivity index (χ3v) is 3.61. The topological polar surface area (TPSA) is 41.0 Å². The molecule has 1 aliphatic heterocycles. The van der Waals surface area contributed by atoms with Crippen LogP contribution in [0.4, 0.5) is 11.6 Å². The highest BCUT2D eigenvalue weighted by molar-refractivity contribution is 5.49. The van der Waals surface area contributed by atoms with E-state index in [-0.39, 0.29) is 0 Å². The molecule has 0 bridgehead atoms. The molecule has 2 heterocycles. The molecular formula is C15H26N4. The summed E-state index contributed by atoms with van der Waals surface area (Å²) >= 11 is 0. The van der Waals surface area contributed by atoms with E-state index in [4.69, 9.17) is 4.98 Å². The quantitative estimate of drug-likeness (QED) is 0.904. The summed E-state index contributed by atoms with van der Waals surface area (Å²) in [7, 11) is 0. The maximum atomic E-state index is 4.70. The lowest BCUT2D eigenvalue weighted by Gasteiger charge is -2.26. The fraction of sp³-hybridized carbons (Fsp3) is 0.733. The molecule has 0 radical (unpaired) electrons. The Labute approximate surface area is 116 Å². The highest BCUT2D eigenvalue weighted by atomic mass is 15.2. The number of hydrogen-bond donors (Lipinski definition) is 1. The van der Waals surface area contributed by atoms with Gasteiger partial charge in [0, 0.05) is 32.1 Å². The van der Waals surface area contributed by atoms with Gasteiger partial charge in [0.25, 0.3) is 0 Å². The van der Waals surface area contributed by atoms with Crippen LogP contribution in [0.5, 0.6) is 0 Å². The van der Waals surface area contributed by atoms with E-state index in [0.29, 0.717) is 0 Å². The van der Waals surface area contributed by atoms with Crippen LogP contribution in [-0.2, 0) is 6.42 Å². The summed E-state index contributed by atoms with van der Waals surface area (Å²) in [5, 5.41) is 3.31. The van der Waals surface area contributed by atoms with Gasteiger partial charge in [-0.25, -0.2) is 9.97 Å². The monoisotopic (exact) mass is 262 g/mol. The first kappa shape index (κ1) is 14.1. The predicted molar refractivity (Wildman–Crippen MR) is 80.9 cm³/mol. The van der Waals surface area contributed by atoms with Crippen molar-refractivity contribution in [2.75, 3.05) is 29.9 Å². The number of rotatable bonds is 4. The van der Waals surface area contributed by atoms with Gasteiger partial charge >= 0.3 is 0 Å². The summed E-state index contributed by atoms with van der Waals surface area (Å²) in [6.45, 7) is 7.38. The first-order valence-corrected chi connectivity index (χ1v) is 7.70. The minimum atomic E-state index is 0.889. The molecule has 0 amide bonds. The van der Waals surface area contributed by atoms with E-state index in [1.165, 1.54) is 32.1 Å². The zero-order chi connectivity index (χ0) is 13.5. The standard InChI is InChI=1S/C15H26N4/c1-3-13-17-14(16-4-2)12-15(18-13)19-10-8-6-5-7-9-11-19/h12H,3-11H2,1-2H3,(H,16,17,18). The second-order valence-electron chi connectivity index (χ2n) is 5.17. The van der Waals surface area contributed by atoms with Gasteiger partial charge < -0.3 is 10.2 Å². The summed E-state index contributed by atoms with van der Waals surface area (Å²) in [4.78, 5) is 11.7. The van der Waals surface area contributed by atoms with Crippen molar-refractivity contribution >= 4 is 11.6 Å². The molecule has 0 aromatic carbocycles. The van der Waals surface area contributed by atoms with Crippen molar-refractivity contribution in [3.63, 3.8) is 0 Å². The van der Waals surface area contributed by atoms with Crippen molar-refractivity contribution in [1.82, 2.24) is 9.97 Å². The molecule has 19 heavy (non-hydrogen) atoms. The highest BCUT2D eigenvalue weighted by Gasteiger charge is 2.12. The molecule has 1 saturated heterocycles. The van der Waals surface area contributed by atoms with Crippen LogP contribution in [-0.4, -0.2) is 29.6 Å². The maximum Gasteiger partial charge on any atom is 0.134 e. The third-order valence-electron chi connectivity index (χ3n) is 3.61. The smallest absolute Gasteiger partial charge is 0.134 e. The van der Waals surface area contributed by atoms with Crippen molar-refractivity contribution in [1.29, 1.82) is 0 Å². The summed E-state index contributed by atoms with van der Waals surface area (Å²) in [5.74, 6) is 3.01. The zero-order valence-electron chi connectivity index (χ0n) is 12.3. The van der Waals surface area contributed by atoms with E-state index in [9.17, 15) is 0 Å². The van der Waals surface area contributed by atoms with Crippen molar-refractivity contribution < 1.29 is 0 Å². The molecule has 0 unspecified atom stereocenters. The van der Waals surface area contributed by atoms with Gasteiger partial charge in [0.05, 0.1) is 0 Å². The lowest BCUT2D eigenvalue weighted by Crippen LogP contribution is -2.28. The van der Waals surface area contributed by atoms with Crippen LogP contribution in [0.2, 0.25) is 0 Å². The molecule has 1 aromatic rings. The average Bonchev–Trinajstić information content (AvgIpc) is 2.38. The lowest BCUT2D eigenvalue weighted by molar-refractivity contribution is 0.553. The molecule has 4 nitrogen and oxygen atoms in total. The third kappa shape index (κ3) is 4.08.